The zero-order chi connectivity index (χ0) is 13.2. The maximum atomic E-state index is 6.15. The Balaban J connectivity index is 1.87. The van der Waals surface area contributed by atoms with Gasteiger partial charge in [0.25, 0.3) is 0 Å². The minimum Gasteiger partial charge on any atom is -0.397 e. The fourth-order valence-corrected chi connectivity index (χ4v) is 2.03. The van der Waals surface area contributed by atoms with Crippen LogP contribution >= 0.6 is 0 Å². The highest BCUT2D eigenvalue weighted by Crippen LogP contribution is 2.28. The second-order valence-corrected chi connectivity index (χ2v) is 4.41. The number of benzene rings is 1. The lowest BCUT2D eigenvalue weighted by molar-refractivity contribution is 0.391. The topological polar surface area (TPSA) is 77.0 Å². The van der Waals surface area contributed by atoms with Gasteiger partial charge in [-0.05, 0) is 19.1 Å². The number of pyridine rings is 1. The third kappa shape index (κ3) is 2.22. The average molecular weight is 254 g/mol. The van der Waals surface area contributed by atoms with Gasteiger partial charge >= 0.3 is 0 Å². The highest BCUT2D eigenvalue weighted by molar-refractivity contribution is 5.98. The summed E-state index contributed by atoms with van der Waals surface area (Å²) in [7, 11) is 0. The van der Waals surface area contributed by atoms with E-state index in [0.29, 0.717) is 6.54 Å². The van der Waals surface area contributed by atoms with Crippen molar-refractivity contribution in [3.8, 4) is 0 Å². The molecule has 3 rings (SSSR count). The molecule has 0 aliphatic carbocycles. The average Bonchev–Trinajstić information content (AvgIpc) is 2.84. The number of hydrogen-bond donors (Lipinski definition) is 2. The third-order valence-corrected chi connectivity index (χ3v) is 3.00. The quantitative estimate of drug-likeness (QED) is 0.703. The molecule has 0 amide bonds. The minimum atomic E-state index is 0.581. The van der Waals surface area contributed by atoms with Crippen LogP contribution in [0.25, 0.3) is 10.8 Å². The maximum absolute atomic E-state index is 6.15. The van der Waals surface area contributed by atoms with Gasteiger partial charge in [-0.25, -0.2) is 0 Å². The Morgan fingerprint density at radius 1 is 1.32 bits per heavy atom. The summed E-state index contributed by atoms with van der Waals surface area (Å²) in [6.45, 7) is 2.45. The first-order valence-electron chi connectivity index (χ1n) is 6.02. The second-order valence-electron chi connectivity index (χ2n) is 4.41. The van der Waals surface area contributed by atoms with Crippen LogP contribution in [0.1, 0.15) is 11.5 Å². The molecule has 0 atom stereocenters. The number of nitrogens with one attached hydrogen (secondary N) is 1. The van der Waals surface area contributed by atoms with Crippen molar-refractivity contribution < 1.29 is 4.52 Å². The van der Waals surface area contributed by atoms with Crippen molar-refractivity contribution in [1.82, 2.24) is 10.1 Å². The third-order valence-electron chi connectivity index (χ3n) is 3.00. The fourth-order valence-electron chi connectivity index (χ4n) is 2.03. The molecule has 3 N–H and O–H groups in total. The van der Waals surface area contributed by atoms with Crippen LogP contribution in [0.15, 0.2) is 41.2 Å². The highest BCUT2D eigenvalue weighted by Gasteiger charge is 2.05. The summed E-state index contributed by atoms with van der Waals surface area (Å²) in [6.07, 6.45) is 3.54. The smallest absolute Gasteiger partial charge is 0.133 e. The molecule has 0 unspecified atom stereocenters. The van der Waals surface area contributed by atoms with Crippen molar-refractivity contribution in [2.75, 3.05) is 11.1 Å². The molecule has 2 aromatic heterocycles. The monoisotopic (exact) mass is 254 g/mol. The first kappa shape index (κ1) is 11.5. The molecule has 0 bridgehead atoms. The van der Waals surface area contributed by atoms with Crippen LogP contribution in [0.3, 0.4) is 0 Å². The van der Waals surface area contributed by atoms with Crippen LogP contribution in [0, 0.1) is 6.92 Å². The number of aromatic nitrogens is 2. The number of nitrogens with two attached hydrogens (primary N) is 1. The van der Waals surface area contributed by atoms with E-state index in [0.717, 1.165) is 33.6 Å². The van der Waals surface area contributed by atoms with Crippen LogP contribution in [-0.2, 0) is 6.54 Å². The Bertz CT molecular complexity index is 720. The predicted octanol–water partition coefficient (Wildman–Crippen LogP) is 2.73. The Labute approximate surface area is 110 Å². The van der Waals surface area contributed by atoms with E-state index in [1.54, 1.807) is 12.4 Å². The Hall–Kier alpha value is -2.56. The molecule has 1 aromatic carbocycles. The molecule has 5 heteroatoms. The van der Waals surface area contributed by atoms with Gasteiger partial charge in [-0.15, -0.1) is 0 Å². The van der Waals surface area contributed by atoms with Crippen LogP contribution in [0.4, 0.5) is 11.4 Å². The van der Waals surface area contributed by atoms with E-state index in [4.69, 9.17) is 10.3 Å². The SMILES string of the molecule is Cc1cc(CNc2ccc3cnccc3c2N)no1. The molecule has 0 fully saturated rings. The summed E-state index contributed by atoms with van der Waals surface area (Å²) in [5.74, 6) is 0.800. The Morgan fingerprint density at radius 3 is 3.00 bits per heavy atom. The number of rotatable bonds is 3. The summed E-state index contributed by atoms with van der Waals surface area (Å²) in [5.41, 5.74) is 8.62. The van der Waals surface area contributed by atoms with E-state index < -0.39 is 0 Å². The number of aryl methyl sites for hydroxylation is 1. The van der Waals surface area contributed by atoms with Gasteiger partial charge < -0.3 is 15.6 Å². The van der Waals surface area contributed by atoms with Crippen molar-refractivity contribution in [3.63, 3.8) is 0 Å². The first-order chi connectivity index (χ1) is 9.24. The van der Waals surface area contributed by atoms with Crippen LogP contribution in [0.5, 0.6) is 0 Å². The number of hydrogen-bond acceptors (Lipinski definition) is 5. The summed E-state index contributed by atoms with van der Waals surface area (Å²) >= 11 is 0. The van der Waals surface area contributed by atoms with Gasteiger partial charge in [0.2, 0.25) is 0 Å². The molecular weight excluding hydrogens is 240 g/mol. The summed E-state index contributed by atoms with van der Waals surface area (Å²) in [6, 6.07) is 7.76. The molecule has 19 heavy (non-hydrogen) atoms. The Morgan fingerprint density at radius 2 is 2.21 bits per heavy atom. The molecular formula is C14H14N4O. The number of anilines is 2. The van der Waals surface area contributed by atoms with Gasteiger partial charge in [0.1, 0.15) is 11.5 Å². The Kier molecular flexibility index (Phi) is 2.79. The van der Waals surface area contributed by atoms with E-state index in [1.165, 1.54) is 0 Å². The lowest BCUT2D eigenvalue weighted by Gasteiger charge is -2.10. The van der Waals surface area contributed by atoms with Gasteiger partial charge in [0.15, 0.2) is 0 Å². The van der Waals surface area contributed by atoms with E-state index in [-0.39, 0.29) is 0 Å². The molecule has 0 saturated heterocycles. The molecule has 5 nitrogen and oxygen atoms in total. The summed E-state index contributed by atoms with van der Waals surface area (Å²) < 4.78 is 5.02. The van der Waals surface area contributed by atoms with Gasteiger partial charge in [-0.1, -0.05) is 11.2 Å². The van der Waals surface area contributed by atoms with Crippen molar-refractivity contribution in [2.45, 2.75) is 13.5 Å². The predicted molar refractivity (Wildman–Crippen MR) is 74.7 cm³/mol. The zero-order valence-electron chi connectivity index (χ0n) is 10.6. The molecule has 0 spiro atoms. The minimum absolute atomic E-state index is 0.581. The van der Waals surface area contributed by atoms with Gasteiger partial charge in [-0.3, -0.25) is 4.98 Å². The molecule has 96 valence electrons. The summed E-state index contributed by atoms with van der Waals surface area (Å²) in [5, 5.41) is 9.23. The van der Waals surface area contributed by atoms with E-state index in [2.05, 4.69) is 15.5 Å². The maximum Gasteiger partial charge on any atom is 0.133 e. The number of nitrogen functional groups attached to an aromatic ring is 1. The molecule has 2 heterocycles. The van der Waals surface area contributed by atoms with Gasteiger partial charge in [-0.2, -0.15) is 0 Å². The molecule has 3 aromatic rings. The number of fused-ring (bicyclic) bond motifs is 1. The largest absolute Gasteiger partial charge is 0.397 e. The second kappa shape index (κ2) is 4.61. The fraction of sp³-hybridized carbons (Fsp3) is 0.143. The molecule has 0 saturated carbocycles. The molecule has 0 radical (unpaired) electrons. The highest BCUT2D eigenvalue weighted by atomic mass is 16.5. The van der Waals surface area contributed by atoms with Crippen molar-refractivity contribution in [3.05, 3.63) is 48.1 Å². The zero-order valence-corrected chi connectivity index (χ0v) is 10.6. The molecule has 0 aliphatic rings. The summed E-state index contributed by atoms with van der Waals surface area (Å²) in [4.78, 5) is 4.08. The van der Waals surface area contributed by atoms with E-state index in [9.17, 15) is 0 Å². The van der Waals surface area contributed by atoms with Gasteiger partial charge in [0.05, 0.1) is 17.9 Å². The standard InChI is InChI=1S/C14H14N4O/c1-9-6-11(18-19-9)8-17-13-3-2-10-7-16-5-4-12(10)14(13)15/h2-7,17H,8,15H2,1H3. The number of nitrogens with zero attached hydrogens (tertiary/aromatic N) is 2. The first-order valence-corrected chi connectivity index (χ1v) is 6.02. The van der Waals surface area contributed by atoms with Crippen LogP contribution < -0.4 is 11.1 Å². The molecule has 0 aliphatic heterocycles. The normalized spacial score (nSPS) is 10.8. The van der Waals surface area contributed by atoms with E-state index in [1.807, 2.05) is 31.2 Å². The van der Waals surface area contributed by atoms with Crippen molar-refractivity contribution in [2.24, 2.45) is 0 Å². The van der Waals surface area contributed by atoms with Crippen LogP contribution in [0.2, 0.25) is 0 Å². The van der Waals surface area contributed by atoms with Crippen molar-refractivity contribution in [1.29, 1.82) is 0 Å². The van der Waals surface area contributed by atoms with E-state index >= 15 is 0 Å². The van der Waals surface area contributed by atoms with Crippen LogP contribution in [-0.4, -0.2) is 10.1 Å². The van der Waals surface area contributed by atoms with Crippen molar-refractivity contribution >= 4 is 22.1 Å². The lowest BCUT2D eigenvalue weighted by Crippen LogP contribution is -2.03. The van der Waals surface area contributed by atoms with Gasteiger partial charge in [0, 0.05) is 29.2 Å². The lowest BCUT2D eigenvalue weighted by atomic mass is 10.1.